The van der Waals surface area contributed by atoms with Gasteiger partial charge < -0.3 is 19.3 Å². The maximum Gasteiger partial charge on any atom is 0.329 e. The van der Waals surface area contributed by atoms with Crippen molar-refractivity contribution >= 4 is 28.4 Å². The third-order valence-electron chi connectivity index (χ3n) is 6.02. The minimum absolute atomic E-state index is 0.180. The summed E-state index contributed by atoms with van der Waals surface area (Å²) in [5.41, 5.74) is 2.80. The molecule has 9 heteroatoms. The number of anilines is 2. The van der Waals surface area contributed by atoms with E-state index in [1.807, 2.05) is 32.9 Å². The fourth-order valence-electron chi connectivity index (χ4n) is 4.57. The second kappa shape index (κ2) is 8.62. The molecule has 9 nitrogen and oxygen atoms in total. The van der Waals surface area contributed by atoms with Gasteiger partial charge in [0, 0.05) is 43.5 Å². The van der Waals surface area contributed by atoms with Crippen LogP contribution in [0.2, 0.25) is 0 Å². The van der Waals surface area contributed by atoms with Crippen LogP contribution >= 0.6 is 0 Å². The van der Waals surface area contributed by atoms with Crippen molar-refractivity contribution in [3.05, 3.63) is 30.6 Å². The van der Waals surface area contributed by atoms with Crippen LogP contribution < -0.4 is 9.80 Å². The molecule has 0 radical (unpaired) electrons. The van der Waals surface area contributed by atoms with Crippen molar-refractivity contribution < 1.29 is 14.3 Å². The first-order valence-corrected chi connectivity index (χ1v) is 11.5. The van der Waals surface area contributed by atoms with E-state index in [1.54, 1.807) is 12.4 Å². The maximum atomic E-state index is 13.1. The van der Waals surface area contributed by atoms with Crippen LogP contribution in [0.3, 0.4) is 0 Å². The molecule has 2 aliphatic rings. The normalized spacial score (nSPS) is 19.3. The van der Waals surface area contributed by atoms with E-state index in [2.05, 4.69) is 31.0 Å². The Morgan fingerprint density at radius 2 is 2.00 bits per heavy atom. The van der Waals surface area contributed by atoms with Gasteiger partial charge in [0.25, 0.3) is 0 Å². The Labute approximate surface area is 193 Å². The number of H-pyrrole nitrogens is 1. The topological polar surface area (TPSA) is 96.5 Å². The lowest BCUT2D eigenvalue weighted by Crippen LogP contribution is -2.41. The fraction of sp³-hybridized carbons (Fsp3) is 0.500. The van der Waals surface area contributed by atoms with Crippen molar-refractivity contribution in [1.29, 1.82) is 0 Å². The summed E-state index contributed by atoms with van der Waals surface area (Å²) in [6.07, 6.45) is 5.20. The first-order chi connectivity index (χ1) is 15.9. The van der Waals surface area contributed by atoms with E-state index < -0.39 is 5.60 Å². The minimum Gasteiger partial charge on any atom is -0.458 e. The minimum atomic E-state index is -0.525. The average Bonchev–Trinajstić information content (AvgIpc) is 3.50. The van der Waals surface area contributed by atoms with Gasteiger partial charge in [0.05, 0.1) is 24.6 Å². The third kappa shape index (κ3) is 4.37. The Morgan fingerprint density at radius 3 is 2.73 bits per heavy atom. The fourth-order valence-corrected chi connectivity index (χ4v) is 4.57. The predicted molar refractivity (Wildman–Crippen MR) is 126 cm³/mol. The molecule has 2 fully saturated rings. The van der Waals surface area contributed by atoms with Crippen LogP contribution in [0.5, 0.6) is 0 Å². The zero-order chi connectivity index (χ0) is 23.0. The Hall–Kier alpha value is -3.20. The zero-order valence-electron chi connectivity index (χ0n) is 19.4. The Balaban J connectivity index is 1.64. The molecule has 0 aliphatic carbocycles. The Bertz CT molecular complexity index is 1140. The molecule has 0 saturated carbocycles. The SMILES string of the molecule is CC(C)(C)OC(=O)[C@@H]1CCCN1c1cc(N2CCOCC2)nc2c(-c3ccn[nH]3)nccc12. The number of morpholine rings is 1. The number of hydrogen-bond donors (Lipinski definition) is 1. The monoisotopic (exact) mass is 450 g/mol. The molecule has 0 unspecified atom stereocenters. The summed E-state index contributed by atoms with van der Waals surface area (Å²) in [5, 5.41) is 8.07. The molecule has 5 heterocycles. The van der Waals surface area contributed by atoms with E-state index in [9.17, 15) is 4.79 Å². The number of fused-ring (bicyclic) bond motifs is 1. The molecule has 0 spiro atoms. The first-order valence-electron chi connectivity index (χ1n) is 11.5. The second-order valence-electron chi connectivity index (χ2n) is 9.51. The molecule has 2 aliphatic heterocycles. The second-order valence-corrected chi connectivity index (χ2v) is 9.51. The van der Waals surface area contributed by atoms with Gasteiger partial charge in [-0.3, -0.25) is 10.1 Å². The number of ether oxygens (including phenoxy) is 2. The number of hydrogen-bond acceptors (Lipinski definition) is 8. The van der Waals surface area contributed by atoms with E-state index in [-0.39, 0.29) is 12.0 Å². The number of aromatic amines is 1. The van der Waals surface area contributed by atoms with Crippen LogP contribution in [-0.2, 0) is 14.3 Å². The standard InChI is InChI=1S/C24H30N6O3/c1-24(2,3)33-23(31)18-5-4-10-30(18)19-15-20(29-11-13-32-14-12-29)27-21-16(19)6-8-25-22(21)17-7-9-26-28-17/h6-9,15,18H,4-5,10-14H2,1-3H3,(H,26,28)/t18-/m0/s1. The molecule has 174 valence electrons. The van der Waals surface area contributed by atoms with Gasteiger partial charge in [0.1, 0.15) is 28.7 Å². The van der Waals surface area contributed by atoms with Crippen LogP contribution in [0.25, 0.3) is 22.3 Å². The summed E-state index contributed by atoms with van der Waals surface area (Å²) in [4.78, 5) is 27.2. The molecule has 5 rings (SSSR count). The van der Waals surface area contributed by atoms with Crippen LogP contribution in [0, 0.1) is 0 Å². The largest absolute Gasteiger partial charge is 0.458 e. The van der Waals surface area contributed by atoms with Crippen LogP contribution in [-0.4, -0.2) is 70.6 Å². The first kappa shape index (κ1) is 21.6. The summed E-state index contributed by atoms with van der Waals surface area (Å²) in [7, 11) is 0. The van der Waals surface area contributed by atoms with Gasteiger partial charge in [-0.15, -0.1) is 0 Å². The zero-order valence-corrected chi connectivity index (χ0v) is 19.4. The van der Waals surface area contributed by atoms with Crippen LogP contribution in [0.1, 0.15) is 33.6 Å². The highest BCUT2D eigenvalue weighted by atomic mass is 16.6. The van der Waals surface area contributed by atoms with Gasteiger partial charge in [-0.1, -0.05) is 0 Å². The molecule has 1 N–H and O–H groups in total. The van der Waals surface area contributed by atoms with Gasteiger partial charge in [-0.05, 0) is 45.7 Å². The van der Waals surface area contributed by atoms with Crippen molar-refractivity contribution in [2.75, 3.05) is 42.6 Å². The van der Waals surface area contributed by atoms with Crippen molar-refractivity contribution in [3.8, 4) is 11.4 Å². The third-order valence-corrected chi connectivity index (χ3v) is 6.02. The lowest BCUT2D eigenvalue weighted by Gasteiger charge is -2.32. The van der Waals surface area contributed by atoms with Crippen molar-refractivity contribution in [3.63, 3.8) is 0 Å². The van der Waals surface area contributed by atoms with Crippen molar-refractivity contribution in [2.24, 2.45) is 0 Å². The van der Waals surface area contributed by atoms with Gasteiger partial charge in [0.15, 0.2) is 0 Å². The molecule has 1 atom stereocenters. The number of rotatable bonds is 4. The van der Waals surface area contributed by atoms with Gasteiger partial charge in [-0.2, -0.15) is 5.10 Å². The molecular weight excluding hydrogens is 420 g/mol. The number of pyridine rings is 2. The molecule has 3 aromatic heterocycles. The van der Waals surface area contributed by atoms with E-state index in [0.717, 1.165) is 66.3 Å². The lowest BCUT2D eigenvalue weighted by atomic mass is 10.1. The summed E-state index contributed by atoms with van der Waals surface area (Å²) in [6, 6.07) is 5.65. The Kier molecular flexibility index (Phi) is 5.65. The lowest BCUT2D eigenvalue weighted by molar-refractivity contribution is -0.156. The molecule has 0 aromatic carbocycles. The molecule has 33 heavy (non-hydrogen) atoms. The number of nitrogens with zero attached hydrogens (tertiary/aromatic N) is 5. The van der Waals surface area contributed by atoms with Crippen LogP contribution in [0.4, 0.5) is 11.5 Å². The highest BCUT2D eigenvalue weighted by molar-refractivity contribution is 6.01. The number of nitrogens with one attached hydrogen (secondary N) is 1. The molecular formula is C24H30N6O3. The molecule has 0 amide bonds. The average molecular weight is 451 g/mol. The van der Waals surface area contributed by atoms with Crippen molar-refractivity contribution in [1.82, 2.24) is 20.2 Å². The van der Waals surface area contributed by atoms with E-state index in [0.29, 0.717) is 13.2 Å². The van der Waals surface area contributed by atoms with E-state index in [4.69, 9.17) is 14.5 Å². The number of carbonyl (C=O) groups is 1. The van der Waals surface area contributed by atoms with E-state index in [1.165, 1.54) is 0 Å². The van der Waals surface area contributed by atoms with E-state index >= 15 is 0 Å². The molecule has 3 aromatic rings. The van der Waals surface area contributed by atoms with Crippen molar-refractivity contribution in [2.45, 2.75) is 45.3 Å². The maximum absolute atomic E-state index is 13.1. The highest BCUT2D eigenvalue weighted by Gasteiger charge is 2.35. The Morgan fingerprint density at radius 1 is 1.18 bits per heavy atom. The highest BCUT2D eigenvalue weighted by Crippen LogP contribution is 2.37. The summed E-state index contributed by atoms with van der Waals surface area (Å²) >= 11 is 0. The number of carbonyl (C=O) groups excluding carboxylic acids is 1. The van der Waals surface area contributed by atoms with Crippen LogP contribution in [0.15, 0.2) is 30.6 Å². The predicted octanol–water partition coefficient (Wildman–Crippen LogP) is 3.17. The summed E-state index contributed by atoms with van der Waals surface area (Å²) in [6.45, 7) is 9.38. The smallest absolute Gasteiger partial charge is 0.329 e. The summed E-state index contributed by atoms with van der Waals surface area (Å²) in [5.74, 6) is 0.685. The quantitative estimate of drug-likeness (QED) is 0.606. The number of aromatic nitrogens is 4. The van der Waals surface area contributed by atoms with Gasteiger partial charge >= 0.3 is 5.97 Å². The molecule has 2 saturated heterocycles. The van der Waals surface area contributed by atoms with Gasteiger partial charge in [-0.25, -0.2) is 9.78 Å². The van der Waals surface area contributed by atoms with Gasteiger partial charge in [0.2, 0.25) is 0 Å². The summed E-state index contributed by atoms with van der Waals surface area (Å²) < 4.78 is 11.3. The molecule has 0 bridgehead atoms. The number of esters is 1.